The van der Waals surface area contributed by atoms with Crippen molar-refractivity contribution in [1.82, 2.24) is 19.1 Å². The fourth-order valence-corrected chi connectivity index (χ4v) is 9.02. The van der Waals surface area contributed by atoms with Crippen LogP contribution in [0.5, 0.6) is 0 Å². The zero-order valence-corrected chi connectivity index (χ0v) is 31.8. The van der Waals surface area contributed by atoms with Gasteiger partial charge in [0.2, 0.25) is 0 Å². The van der Waals surface area contributed by atoms with Crippen LogP contribution in [0.2, 0.25) is 0 Å². The van der Waals surface area contributed by atoms with Crippen LogP contribution in [0, 0.1) is 5.92 Å². The number of para-hydroxylation sites is 2. The highest BCUT2D eigenvalue weighted by molar-refractivity contribution is 5.95. The number of hydrogen-bond donors (Lipinski definition) is 0. The molecule has 4 nitrogen and oxygen atoms in total. The predicted molar refractivity (Wildman–Crippen MR) is 237 cm³/mol. The first-order valence-electron chi connectivity index (χ1n) is 20.0. The van der Waals surface area contributed by atoms with E-state index >= 15 is 0 Å². The van der Waals surface area contributed by atoms with Gasteiger partial charge in [0.15, 0.2) is 5.82 Å². The molecule has 9 aromatic rings. The van der Waals surface area contributed by atoms with E-state index in [1.54, 1.807) is 0 Å². The third-order valence-electron chi connectivity index (χ3n) is 11.7. The van der Waals surface area contributed by atoms with Gasteiger partial charge in [0.1, 0.15) is 0 Å². The SMILES string of the molecule is CC1C=Cc2c(n(-c3cc(-c4cc(-c5ccc(-c6ccccc6)cc5)nc(-c5ccccc5)n4)cc(-n4c5c(c6ccccc64)C=CCC5)c3)c3ccccc23)C1. The Hall–Kier alpha value is -7.04. The van der Waals surface area contributed by atoms with E-state index in [1.807, 2.05) is 6.07 Å². The topological polar surface area (TPSA) is 35.6 Å². The quantitative estimate of drug-likeness (QED) is 0.171. The van der Waals surface area contributed by atoms with Crippen molar-refractivity contribution in [1.29, 1.82) is 0 Å². The van der Waals surface area contributed by atoms with Crippen LogP contribution in [0.4, 0.5) is 0 Å². The highest BCUT2D eigenvalue weighted by Crippen LogP contribution is 2.40. The van der Waals surface area contributed by atoms with Crippen molar-refractivity contribution in [2.24, 2.45) is 5.92 Å². The zero-order chi connectivity index (χ0) is 37.9. The second-order valence-corrected chi connectivity index (χ2v) is 15.4. The van der Waals surface area contributed by atoms with Gasteiger partial charge in [-0.15, -0.1) is 0 Å². The molecule has 3 heterocycles. The Labute approximate surface area is 332 Å². The van der Waals surface area contributed by atoms with Crippen LogP contribution in [0.3, 0.4) is 0 Å². The molecular weight excluding hydrogens is 693 g/mol. The molecule has 0 saturated carbocycles. The third kappa shape index (κ3) is 5.76. The number of rotatable bonds is 6. The monoisotopic (exact) mass is 732 g/mol. The second-order valence-electron chi connectivity index (χ2n) is 15.4. The Morgan fingerprint density at radius 3 is 1.72 bits per heavy atom. The van der Waals surface area contributed by atoms with Gasteiger partial charge in [0.05, 0.1) is 22.4 Å². The predicted octanol–water partition coefficient (Wildman–Crippen LogP) is 13.2. The summed E-state index contributed by atoms with van der Waals surface area (Å²) in [7, 11) is 0. The Bertz CT molecular complexity index is 3040. The van der Waals surface area contributed by atoms with Gasteiger partial charge in [-0.1, -0.05) is 153 Å². The molecule has 0 bridgehead atoms. The number of hydrogen-bond acceptors (Lipinski definition) is 2. The van der Waals surface area contributed by atoms with Crippen LogP contribution in [-0.2, 0) is 12.8 Å². The molecule has 1 unspecified atom stereocenters. The number of aromatic nitrogens is 4. The van der Waals surface area contributed by atoms with E-state index in [-0.39, 0.29) is 0 Å². The van der Waals surface area contributed by atoms with E-state index in [9.17, 15) is 0 Å². The summed E-state index contributed by atoms with van der Waals surface area (Å²) >= 11 is 0. The van der Waals surface area contributed by atoms with Crippen molar-refractivity contribution in [2.45, 2.75) is 26.2 Å². The van der Waals surface area contributed by atoms with Gasteiger partial charge < -0.3 is 9.13 Å². The standard InChI is InChI=1S/C53H40N4/c1-35-24-29-46-45-20-10-13-23-51(45)57(52(46)30-35)42-32-40(31-41(33-42)56-49-21-11-8-18-43(49)44-19-9-12-22-50(44)56)48-34-47(54-53(55-48)39-16-6-3-7-17-39)38-27-25-37(26-28-38)36-14-4-2-5-15-36/h2-11,13-21,23-29,31-35H,12,22,30H2,1H3. The highest BCUT2D eigenvalue weighted by atomic mass is 15.0. The molecule has 0 radical (unpaired) electrons. The smallest absolute Gasteiger partial charge is 0.160 e. The molecule has 57 heavy (non-hydrogen) atoms. The summed E-state index contributed by atoms with van der Waals surface area (Å²) in [4.78, 5) is 10.6. The lowest BCUT2D eigenvalue weighted by molar-refractivity contribution is 0.690. The molecule has 0 amide bonds. The zero-order valence-electron chi connectivity index (χ0n) is 31.8. The molecule has 0 N–H and O–H groups in total. The van der Waals surface area contributed by atoms with Crippen LogP contribution < -0.4 is 0 Å². The average Bonchev–Trinajstić information content (AvgIpc) is 3.79. The second kappa shape index (κ2) is 13.6. The molecule has 1 atom stereocenters. The minimum Gasteiger partial charge on any atom is -0.313 e. The van der Waals surface area contributed by atoms with Crippen LogP contribution in [0.1, 0.15) is 35.9 Å². The molecule has 11 rings (SSSR count). The molecule has 0 saturated heterocycles. The summed E-state index contributed by atoms with van der Waals surface area (Å²) in [5, 5.41) is 2.57. The maximum atomic E-state index is 5.37. The maximum Gasteiger partial charge on any atom is 0.160 e. The summed E-state index contributed by atoms with van der Waals surface area (Å²) < 4.78 is 5.02. The van der Waals surface area contributed by atoms with Crippen molar-refractivity contribution < 1.29 is 0 Å². The summed E-state index contributed by atoms with van der Waals surface area (Å²) in [6.45, 7) is 2.31. The molecule has 0 fully saturated rings. The van der Waals surface area contributed by atoms with Gasteiger partial charge >= 0.3 is 0 Å². The molecule has 6 aromatic carbocycles. The van der Waals surface area contributed by atoms with Gasteiger partial charge in [-0.25, -0.2) is 9.97 Å². The van der Waals surface area contributed by atoms with Gasteiger partial charge in [-0.2, -0.15) is 0 Å². The first kappa shape index (κ1) is 33.3. The van der Waals surface area contributed by atoms with E-state index in [2.05, 4.69) is 192 Å². The Kier molecular flexibility index (Phi) is 7.95. The first-order chi connectivity index (χ1) is 28.2. The summed E-state index contributed by atoms with van der Waals surface area (Å²) in [6.07, 6.45) is 12.3. The minimum atomic E-state index is 0.446. The fourth-order valence-electron chi connectivity index (χ4n) is 9.02. The minimum absolute atomic E-state index is 0.446. The van der Waals surface area contributed by atoms with Gasteiger partial charge in [0, 0.05) is 61.4 Å². The molecule has 2 aliphatic carbocycles. The molecule has 0 spiro atoms. The van der Waals surface area contributed by atoms with Crippen molar-refractivity contribution in [3.05, 3.63) is 192 Å². The van der Waals surface area contributed by atoms with Gasteiger partial charge in [-0.05, 0) is 72.7 Å². The maximum absolute atomic E-state index is 5.37. The van der Waals surface area contributed by atoms with Crippen LogP contribution >= 0.6 is 0 Å². The summed E-state index contributed by atoms with van der Waals surface area (Å²) in [6, 6.07) is 56.6. The van der Waals surface area contributed by atoms with Crippen LogP contribution in [0.15, 0.2) is 170 Å². The molecule has 3 aromatic heterocycles. The lowest BCUT2D eigenvalue weighted by Gasteiger charge is -2.20. The van der Waals surface area contributed by atoms with E-state index in [0.29, 0.717) is 11.7 Å². The number of nitrogens with zero attached hydrogens (tertiary/aromatic N) is 4. The summed E-state index contributed by atoms with van der Waals surface area (Å²) in [5.41, 5.74) is 17.3. The van der Waals surface area contributed by atoms with Gasteiger partial charge in [-0.3, -0.25) is 0 Å². The molecule has 2 aliphatic rings. The summed E-state index contributed by atoms with van der Waals surface area (Å²) in [5.74, 6) is 1.15. The van der Waals surface area contributed by atoms with E-state index in [0.717, 1.165) is 58.7 Å². The number of benzene rings is 6. The first-order valence-corrected chi connectivity index (χ1v) is 20.0. The van der Waals surface area contributed by atoms with Crippen LogP contribution in [0.25, 0.3) is 90.4 Å². The largest absolute Gasteiger partial charge is 0.313 e. The van der Waals surface area contributed by atoms with Crippen LogP contribution in [-0.4, -0.2) is 19.1 Å². The Morgan fingerprint density at radius 2 is 1.04 bits per heavy atom. The Balaban J connectivity index is 1.17. The van der Waals surface area contributed by atoms with Crippen molar-refractivity contribution >= 4 is 34.0 Å². The van der Waals surface area contributed by atoms with Crippen molar-refractivity contribution in [2.75, 3.05) is 0 Å². The fraction of sp³-hybridized carbons (Fsp3) is 0.0943. The van der Waals surface area contributed by atoms with E-state index in [1.165, 1.54) is 55.4 Å². The average molecular weight is 733 g/mol. The Morgan fingerprint density at radius 1 is 0.491 bits per heavy atom. The van der Waals surface area contributed by atoms with E-state index in [4.69, 9.17) is 9.97 Å². The third-order valence-corrected chi connectivity index (χ3v) is 11.7. The number of allylic oxidation sites excluding steroid dienone is 2. The van der Waals surface area contributed by atoms with Gasteiger partial charge in [0.25, 0.3) is 0 Å². The molecular formula is C53H40N4. The number of fused-ring (bicyclic) bond motifs is 6. The molecule has 4 heteroatoms. The molecule has 272 valence electrons. The normalized spacial score (nSPS) is 14.6. The molecule has 0 aliphatic heterocycles. The highest BCUT2D eigenvalue weighted by Gasteiger charge is 2.24. The lowest BCUT2D eigenvalue weighted by atomic mass is 9.94. The lowest BCUT2D eigenvalue weighted by Crippen LogP contribution is -2.10. The van der Waals surface area contributed by atoms with Crippen molar-refractivity contribution in [3.63, 3.8) is 0 Å². The van der Waals surface area contributed by atoms with E-state index < -0.39 is 0 Å². The van der Waals surface area contributed by atoms with Crippen molar-refractivity contribution in [3.8, 4) is 56.4 Å².